The Labute approximate surface area is 122 Å². The summed E-state index contributed by atoms with van der Waals surface area (Å²) in [7, 11) is 0. The summed E-state index contributed by atoms with van der Waals surface area (Å²) in [5.74, 6) is 0. The molecule has 0 aliphatic carbocycles. The molecule has 10 nitrogen and oxygen atoms in total. The summed E-state index contributed by atoms with van der Waals surface area (Å²) in [6, 6.07) is 0. The third-order valence-electron chi connectivity index (χ3n) is 2.37. The molecule has 2 aromatic heterocycles. The van der Waals surface area contributed by atoms with E-state index in [-0.39, 0.29) is 5.34 Å². The molecule has 5 N–H and O–H groups in total. The van der Waals surface area contributed by atoms with Crippen LogP contribution in [0.25, 0.3) is 0 Å². The zero-order valence-corrected chi connectivity index (χ0v) is 12.0. The SMILES string of the molecule is Nc1nnc(CCN(CCc2nnc(N)s2)N([O-])O)s1. The second-order valence-corrected chi connectivity index (χ2v) is 5.96. The van der Waals surface area contributed by atoms with E-state index in [0.29, 0.717) is 46.2 Å². The zero-order chi connectivity index (χ0) is 14.5. The molecule has 0 amide bonds. The summed E-state index contributed by atoms with van der Waals surface area (Å²) in [4.78, 5) is 0. The lowest BCUT2D eigenvalue weighted by atomic mass is 10.4. The van der Waals surface area contributed by atoms with E-state index in [1.54, 1.807) is 0 Å². The summed E-state index contributed by atoms with van der Waals surface area (Å²) >= 11 is 2.50. The Morgan fingerprint density at radius 2 is 1.40 bits per heavy atom. The highest BCUT2D eigenvalue weighted by Gasteiger charge is 2.10. The van der Waals surface area contributed by atoms with Crippen LogP contribution in [0.5, 0.6) is 0 Å². The number of anilines is 2. The highest BCUT2D eigenvalue weighted by molar-refractivity contribution is 7.15. The van der Waals surface area contributed by atoms with Crippen molar-refractivity contribution in [3.8, 4) is 0 Å². The number of nitrogen functional groups attached to an aromatic ring is 2. The fourth-order valence-electron chi connectivity index (χ4n) is 1.47. The van der Waals surface area contributed by atoms with Gasteiger partial charge in [0.25, 0.3) is 0 Å². The minimum absolute atomic E-state index is 0.186. The maximum atomic E-state index is 11.1. The minimum Gasteiger partial charge on any atom is -0.748 e. The molecule has 0 bridgehead atoms. The maximum Gasteiger partial charge on any atom is 0.203 e. The Balaban J connectivity index is 1.83. The van der Waals surface area contributed by atoms with Gasteiger partial charge in [0.15, 0.2) is 0 Å². The molecule has 0 fully saturated rings. The first-order chi connectivity index (χ1) is 9.54. The Morgan fingerprint density at radius 1 is 0.950 bits per heavy atom. The molecule has 0 atom stereocenters. The number of nitrogens with zero attached hydrogens (tertiary/aromatic N) is 6. The quantitative estimate of drug-likeness (QED) is 0.582. The first kappa shape index (κ1) is 15.0. The summed E-state index contributed by atoms with van der Waals surface area (Å²) < 4.78 is 0. The summed E-state index contributed by atoms with van der Waals surface area (Å²) in [6.07, 6.45) is 0.929. The largest absolute Gasteiger partial charge is 0.748 e. The first-order valence-corrected chi connectivity index (χ1v) is 7.24. The van der Waals surface area contributed by atoms with Crippen LogP contribution in [-0.2, 0) is 12.8 Å². The van der Waals surface area contributed by atoms with E-state index in [4.69, 9.17) is 16.7 Å². The van der Waals surface area contributed by atoms with E-state index in [2.05, 4.69) is 20.4 Å². The van der Waals surface area contributed by atoms with Gasteiger partial charge in [-0.05, 0) is 0 Å². The van der Waals surface area contributed by atoms with Crippen LogP contribution in [0, 0.1) is 5.21 Å². The number of aromatic nitrogens is 4. The lowest BCUT2D eigenvalue weighted by Crippen LogP contribution is -2.39. The molecule has 0 aliphatic heterocycles. The fraction of sp³-hybridized carbons (Fsp3) is 0.500. The molecule has 2 aromatic rings. The average Bonchev–Trinajstić information content (AvgIpc) is 2.98. The molecule has 20 heavy (non-hydrogen) atoms. The van der Waals surface area contributed by atoms with Gasteiger partial charge in [0, 0.05) is 25.9 Å². The Bertz CT molecular complexity index is 500. The van der Waals surface area contributed by atoms with E-state index in [9.17, 15) is 5.21 Å². The normalized spacial score (nSPS) is 11.6. The maximum absolute atomic E-state index is 11.1. The lowest BCUT2D eigenvalue weighted by molar-refractivity contribution is -0.205. The molecule has 12 heteroatoms. The average molecular weight is 317 g/mol. The molecule has 0 spiro atoms. The predicted octanol–water partition coefficient (Wildman–Crippen LogP) is -0.255. The molecule has 0 unspecified atom stereocenters. The summed E-state index contributed by atoms with van der Waals surface area (Å²) in [6.45, 7) is 0.589. The van der Waals surface area contributed by atoms with Gasteiger partial charge in [-0.3, -0.25) is 0 Å². The van der Waals surface area contributed by atoms with E-state index in [0.717, 1.165) is 0 Å². The van der Waals surface area contributed by atoms with Crippen molar-refractivity contribution in [1.82, 2.24) is 30.7 Å². The topological polar surface area (TPSA) is 153 Å². The Morgan fingerprint density at radius 3 is 1.70 bits per heavy atom. The highest BCUT2D eigenvalue weighted by atomic mass is 32.1. The van der Waals surface area contributed by atoms with Gasteiger partial charge in [-0.2, -0.15) is 5.34 Å². The molecule has 0 saturated carbocycles. The Kier molecular flexibility index (Phi) is 5.11. The van der Waals surface area contributed by atoms with Crippen LogP contribution < -0.4 is 11.5 Å². The van der Waals surface area contributed by atoms with Gasteiger partial charge in [-0.1, -0.05) is 22.7 Å². The molecule has 0 radical (unpaired) electrons. The Hall–Kier alpha value is -1.44. The molecule has 2 rings (SSSR count). The number of hydrogen-bond donors (Lipinski definition) is 3. The molecule has 2 heterocycles. The van der Waals surface area contributed by atoms with Crippen LogP contribution in [0.1, 0.15) is 10.0 Å². The van der Waals surface area contributed by atoms with Crippen molar-refractivity contribution in [2.24, 2.45) is 0 Å². The van der Waals surface area contributed by atoms with Gasteiger partial charge in [0.1, 0.15) is 10.0 Å². The van der Waals surface area contributed by atoms with Gasteiger partial charge in [0.2, 0.25) is 10.3 Å². The van der Waals surface area contributed by atoms with Crippen molar-refractivity contribution in [2.75, 3.05) is 24.6 Å². The third-order valence-corrected chi connectivity index (χ3v) is 4.00. The van der Waals surface area contributed by atoms with Crippen molar-refractivity contribution < 1.29 is 5.21 Å². The van der Waals surface area contributed by atoms with Crippen LogP contribution in [0.15, 0.2) is 0 Å². The monoisotopic (exact) mass is 317 g/mol. The molecule has 0 saturated heterocycles. The first-order valence-electron chi connectivity index (χ1n) is 5.61. The van der Waals surface area contributed by atoms with E-state index in [1.807, 2.05) is 0 Å². The van der Waals surface area contributed by atoms with Crippen molar-refractivity contribution in [3.05, 3.63) is 15.2 Å². The van der Waals surface area contributed by atoms with Gasteiger partial charge in [-0.15, -0.1) is 20.4 Å². The summed E-state index contributed by atoms with van der Waals surface area (Å²) in [5.41, 5.74) is 10.9. The number of hydrogen-bond acceptors (Lipinski definition) is 12. The summed E-state index contributed by atoms with van der Waals surface area (Å²) in [5, 5.41) is 38.4. The third kappa shape index (κ3) is 4.29. The van der Waals surface area contributed by atoms with Crippen LogP contribution >= 0.6 is 22.7 Å². The molecule has 110 valence electrons. The number of nitrogens with two attached hydrogens (primary N) is 2. The predicted molar refractivity (Wildman–Crippen MR) is 74.6 cm³/mol. The van der Waals surface area contributed by atoms with Gasteiger partial charge < -0.3 is 21.9 Å². The van der Waals surface area contributed by atoms with E-state index in [1.165, 1.54) is 27.7 Å². The number of hydrazine groups is 1. The van der Waals surface area contributed by atoms with Gasteiger partial charge in [0.05, 0.1) is 0 Å². The minimum atomic E-state index is -0.186. The van der Waals surface area contributed by atoms with E-state index < -0.39 is 0 Å². The van der Waals surface area contributed by atoms with Crippen LogP contribution in [-0.4, -0.2) is 49.0 Å². The molecular formula is C8H13N8O2S2-. The second-order valence-electron chi connectivity index (χ2n) is 3.77. The molecular weight excluding hydrogens is 304 g/mol. The standard InChI is InChI=1S/C8H13N8O2S2/c9-7-13-11-5(19-7)1-3-15(16(17)18)4-2-6-12-14-8(10)20-6/h17H,1-4H2,(H2,9,13)(H2,10,14)/q-1. The van der Waals surface area contributed by atoms with Crippen molar-refractivity contribution >= 4 is 32.9 Å². The van der Waals surface area contributed by atoms with Crippen molar-refractivity contribution in [3.63, 3.8) is 0 Å². The van der Waals surface area contributed by atoms with Gasteiger partial charge >= 0.3 is 0 Å². The second kappa shape index (κ2) is 6.83. The molecule has 0 aliphatic rings. The van der Waals surface area contributed by atoms with Crippen LogP contribution in [0.4, 0.5) is 10.3 Å². The zero-order valence-electron chi connectivity index (χ0n) is 10.3. The number of rotatable bonds is 7. The highest BCUT2D eigenvalue weighted by Crippen LogP contribution is 2.14. The molecule has 0 aromatic carbocycles. The smallest absolute Gasteiger partial charge is 0.203 e. The van der Waals surface area contributed by atoms with E-state index >= 15 is 0 Å². The van der Waals surface area contributed by atoms with Crippen molar-refractivity contribution in [2.45, 2.75) is 12.8 Å². The van der Waals surface area contributed by atoms with Crippen LogP contribution in [0.2, 0.25) is 0 Å². The van der Waals surface area contributed by atoms with Crippen molar-refractivity contribution in [1.29, 1.82) is 0 Å². The van der Waals surface area contributed by atoms with Crippen LogP contribution in [0.3, 0.4) is 0 Å². The fourth-order valence-corrected chi connectivity index (χ4v) is 2.66. The van der Waals surface area contributed by atoms with Gasteiger partial charge in [-0.25, -0.2) is 5.01 Å². The lowest BCUT2D eigenvalue weighted by Gasteiger charge is -2.33.